The maximum atomic E-state index is 5.26. The molecular formula is C13H19NO2. The number of rotatable bonds is 8. The normalized spacial score (nSPS) is 9.81. The van der Waals surface area contributed by atoms with Gasteiger partial charge in [0.05, 0.1) is 20.0 Å². The van der Waals surface area contributed by atoms with E-state index in [1.54, 1.807) is 7.11 Å². The number of nitrogens with one attached hydrogen (secondary N) is 1. The highest BCUT2D eigenvalue weighted by Gasteiger charge is 1.99. The molecule has 0 atom stereocenters. The van der Waals surface area contributed by atoms with Crippen molar-refractivity contribution >= 4 is 0 Å². The third-order valence-corrected chi connectivity index (χ3v) is 2.24. The van der Waals surface area contributed by atoms with Gasteiger partial charge in [-0.15, -0.1) is 0 Å². The van der Waals surface area contributed by atoms with Crippen LogP contribution < -0.4 is 10.1 Å². The Morgan fingerprint density at radius 1 is 1.38 bits per heavy atom. The van der Waals surface area contributed by atoms with Gasteiger partial charge in [0.15, 0.2) is 0 Å². The van der Waals surface area contributed by atoms with Gasteiger partial charge in [-0.1, -0.05) is 24.8 Å². The van der Waals surface area contributed by atoms with Crippen LogP contribution in [0.2, 0.25) is 0 Å². The lowest BCUT2D eigenvalue weighted by molar-refractivity contribution is 0.244. The Balaban J connectivity index is 2.23. The summed E-state index contributed by atoms with van der Waals surface area (Å²) in [6.07, 6.45) is 2.45. The number of methoxy groups -OCH3 is 1. The van der Waals surface area contributed by atoms with Crippen molar-refractivity contribution < 1.29 is 9.47 Å². The number of hydrogen-bond donors (Lipinski definition) is 1. The van der Waals surface area contributed by atoms with E-state index in [2.05, 4.69) is 18.0 Å². The highest BCUT2D eigenvalue weighted by molar-refractivity contribution is 5.32. The van der Waals surface area contributed by atoms with Gasteiger partial charge in [0.2, 0.25) is 0 Å². The average molecular weight is 221 g/mol. The van der Waals surface area contributed by atoms with Gasteiger partial charge in [0, 0.05) is 12.1 Å². The van der Waals surface area contributed by atoms with E-state index in [0.717, 1.165) is 25.3 Å². The summed E-state index contributed by atoms with van der Waals surface area (Å²) in [5, 5.41) is 3.34. The molecule has 0 bridgehead atoms. The standard InChI is InChI=1S/C13H19NO2/c1-3-16-10-6-9-14-11-12-7-4-5-8-13(12)15-2/h3-5,7-8,14H,1,6,9-11H2,2H3. The first-order chi connectivity index (χ1) is 7.88. The molecule has 3 nitrogen and oxygen atoms in total. The van der Waals surface area contributed by atoms with Crippen LogP contribution in [0.25, 0.3) is 0 Å². The molecule has 1 N–H and O–H groups in total. The molecule has 16 heavy (non-hydrogen) atoms. The van der Waals surface area contributed by atoms with Crippen LogP contribution in [0.4, 0.5) is 0 Å². The number of para-hydroxylation sites is 1. The second-order valence-electron chi connectivity index (χ2n) is 3.38. The van der Waals surface area contributed by atoms with E-state index in [0.29, 0.717) is 6.61 Å². The van der Waals surface area contributed by atoms with Gasteiger partial charge < -0.3 is 14.8 Å². The fourth-order valence-electron chi connectivity index (χ4n) is 1.44. The highest BCUT2D eigenvalue weighted by atomic mass is 16.5. The molecule has 1 rings (SSSR count). The predicted octanol–water partition coefficient (Wildman–Crippen LogP) is 2.33. The molecule has 0 amide bonds. The number of ether oxygens (including phenoxy) is 2. The summed E-state index contributed by atoms with van der Waals surface area (Å²) < 4.78 is 10.3. The van der Waals surface area contributed by atoms with Crippen LogP contribution in [-0.4, -0.2) is 20.3 Å². The van der Waals surface area contributed by atoms with Crippen LogP contribution in [-0.2, 0) is 11.3 Å². The minimum absolute atomic E-state index is 0.711. The van der Waals surface area contributed by atoms with Crippen molar-refractivity contribution in [3.05, 3.63) is 42.7 Å². The molecule has 0 aromatic heterocycles. The van der Waals surface area contributed by atoms with E-state index in [1.807, 2.05) is 18.2 Å². The third kappa shape index (κ3) is 4.36. The molecule has 1 aromatic rings. The summed E-state index contributed by atoms with van der Waals surface area (Å²) in [6.45, 7) is 5.94. The van der Waals surface area contributed by atoms with Gasteiger partial charge in [0.25, 0.3) is 0 Å². The zero-order valence-electron chi connectivity index (χ0n) is 9.74. The minimum atomic E-state index is 0.711. The fraction of sp³-hybridized carbons (Fsp3) is 0.385. The third-order valence-electron chi connectivity index (χ3n) is 2.24. The van der Waals surface area contributed by atoms with Crippen molar-refractivity contribution in [2.45, 2.75) is 13.0 Å². The summed E-state index contributed by atoms with van der Waals surface area (Å²) in [6, 6.07) is 8.02. The molecule has 0 spiro atoms. The fourth-order valence-corrected chi connectivity index (χ4v) is 1.44. The molecule has 0 aliphatic carbocycles. The van der Waals surface area contributed by atoms with Crippen LogP contribution >= 0.6 is 0 Å². The van der Waals surface area contributed by atoms with E-state index in [9.17, 15) is 0 Å². The predicted molar refractivity (Wildman–Crippen MR) is 65.5 cm³/mol. The van der Waals surface area contributed by atoms with Gasteiger partial charge in [-0.2, -0.15) is 0 Å². The summed E-state index contributed by atoms with van der Waals surface area (Å²) in [4.78, 5) is 0. The topological polar surface area (TPSA) is 30.5 Å². The van der Waals surface area contributed by atoms with Crippen molar-refractivity contribution in [1.82, 2.24) is 5.32 Å². The van der Waals surface area contributed by atoms with Gasteiger partial charge in [-0.25, -0.2) is 0 Å². The van der Waals surface area contributed by atoms with Gasteiger partial charge in [-0.05, 0) is 19.0 Å². The minimum Gasteiger partial charge on any atom is -0.502 e. The second kappa shape index (κ2) is 7.77. The van der Waals surface area contributed by atoms with Crippen molar-refractivity contribution in [3.63, 3.8) is 0 Å². The van der Waals surface area contributed by atoms with E-state index >= 15 is 0 Å². The van der Waals surface area contributed by atoms with Crippen molar-refractivity contribution in [2.24, 2.45) is 0 Å². The summed E-state index contributed by atoms with van der Waals surface area (Å²) >= 11 is 0. The first-order valence-electron chi connectivity index (χ1n) is 5.43. The second-order valence-corrected chi connectivity index (χ2v) is 3.38. The van der Waals surface area contributed by atoms with Gasteiger partial charge in [0.1, 0.15) is 5.75 Å². The lowest BCUT2D eigenvalue weighted by Crippen LogP contribution is -2.16. The van der Waals surface area contributed by atoms with Crippen molar-refractivity contribution in [1.29, 1.82) is 0 Å². The molecule has 0 aliphatic heterocycles. The van der Waals surface area contributed by atoms with E-state index < -0.39 is 0 Å². The first-order valence-corrected chi connectivity index (χ1v) is 5.43. The van der Waals surface area contributed by atoms with Crippen LogP contribution in [0.1, 0.15) is 12.0 Å². The SMILES string of the molecule is C=COCCCNCc1ccccc1OC. The van der Waals surface area contributed by atoms with E-state index in [1.165, 1.54) is 11.8 Å². The molecule has 3 heteroatoms. The monoisotopic (exact) mass is 221 g/mol. The molecule has 0 fully saturated rings. The highest BCUT2D eigenvalue weighted by Crippen LogP contribution is 2.16. The molecule has 0 saturated carbocycles. The molecule has 0 unspecified atom stereocenters. The van der Waals surface area contributed by atoms with Crippen LogP contribution in [0, 0.1) is 0 Å². The largest absolute Gasteiger partial charge is 0.502 e. The quantitative estimate of drug-likeness (QED) is 0.540. The zero-order chi connectivity index (χ0) is 11.6. The summed E-state index contributed by atoms with van der Waals surface area (Å²) in [7, 11) is 1.69. The van der Waals surface area contributed by atoms with E-state index in [-0.39, 0.29) is 0 Å². The number of benzene rings is 1. The maximum Gasteiger partial charge on any atom is 0.123 e. The van der Waals surface area contributed by atoms with Crippen LogP contribution in [0.3, 0.4) is 0 Å². The molecule has 1 aromatic carbocycles. The molecule has 0 heterocycles. The Labute approximate surface area is 97.1 Å². The van der Waals surface area contributed by atoms with Crippen molar-refractivity contribution in [3.8, 4) is 5.75 Å². The Kier molecular flexibility index (Phi) is 6.11. The van der Waals surface area contributed by atoms with Crippen LogP contribution in [0.15, 0.2) is 37.1 Å². The van der Waals surface area contributed by atoms with Gasteiger partial charge >= 0.3 is 0 Å². The average Bonchev–Trinajstić information content (AvgIpc) is 2.34. The summed E-state index contributed by atoms with van der Waals surface area (Å²) in [5.74, 6) is 0.928. The lowest BCUT2D eigenvalue weighted by atomic mass is 10.2. The Bertz CT molecular complexity index is 313. The van der Waals surface area contributed by atoms with Crippen LogP contribution in [0.5, 0.6) is 5.75 Å². The smallest absolute Gasteiger partial charge is 0.123 e. The Morgan fingerprint density at radius 2 is 2.19 bits per heavy atom. The number of hydrogen-bond acceptors (Lipinski definition) is 3. The van der Waals surface area contributed by atoms with Gasteiger partial charge in [-0.3, -0.25) is 0 Å². The lowest BCUT2D eigenvalue weighted by Gasteiger charge is -2.09. The molecular weight excluding hydrogens is 202 g/mol. The molecule has 0 saturated heterocycles. The molecule has 88 valence electrons. The first kappa shape index (κ1) is 12.6. The van der Waals surface area contributed by atoms with Crippen molar-refractivity contribution in [2.75, 3.05) is 20.3 Å². The molecule has 0 aliphatic rings. The van der Waals surface area contributed by atoms with E-state index in [4.69, 9.17) is 9.47 Å². The zero-order valence-corrected chi connectivity index (χ0v) is 9.74. The Morgan fingerprint density at radius 3 is 2.94 bits per heavy atom. The molecule has 0 radical (unpaired) electrons. The maximum absolute atomic E-state index is 5.26. The Hall–Kier alpha value is -1.48. The summed E-state index contributed by atoms with van der Waals surface area (Å²) in [5.41, 5.74) is 1.18.